The summed E-state index contributed by atoms with van der Waals surface area (Å²) in [6, 6.07) is 12.4. The highest BCUT2D eigenvalue weighted by Crippen LogP contribution is 2.37. The van der Waals surface area contributed by atoms with E-state index in [9.17, 15) is 0 Å². The average Bonchev–Trinajstić information content (AvgIpc) is 2.83. The van der Waals surface area contributed by atoms with Gasteiger partial charge < -0.3 is 10.1 Å². The molecule has 1 aliphatic rings. The second kappa shape index (κ2) is 5.66. The number of ether oxygens (including phenoxy) is 1. The molecule has 1 N–H and O–H groups in total. The van der Waals surface area contributed by atoms with Gasteiger partial charge >= 0.3 is 0 Å². The van der Waals surface area contributed by atoms with Crippen molar-refractivity contribution >= 4 is 33.2 Å². The normalized spacial score (nSPS) is 16.9. The Bertz CT molecular complexity index is 644. The lowest BCUT2D eigenvalue weighted by atomic mass is 10.1. The number of anilines is 1. The molecular formula is C16H15BrClNO. The molecule has 0 aliphatic heterocycles. The predicted octanol–water partition coefficient (Wildman–Crippen LogP) is 5.21. The molecule has 1 aliphatic carbocycles. The van der Waals surface area contributed by atoms with Gasteiger partial charge in [0.05, 0.1) is 23.9 Å². The zero-order chi connectivity index (χ0) is 14.1. The molecule has 0 saturated heterocycles. The van der Waals surface area contributed by atoms with Crippen LogP contribution >= 0.6 is 27.5 Å². The van der Waals surface area contributed by atoms with Crippen LogP contribution in [0.2, 0.25) is 5.02 Å². The van der Waals surface area contributed by atoms with E-state index in [-0.39, 0.29) is 0 Å². The Labute approximate surface area is 132 Å². The maximum atomic E-state index is 6.26. The molecule has 0 amide bonds. The second-order valence-electron chi connectivity index (χ2n) is 4.92. The van der Waals surface area contributed by atoms with Crippen LogP contribution in [0.5, 0.6) is 5.75 Å². The van der Waals surface area contributed by atoms with Crippen molar-refractivity contribution in [3.8, 4) is 5.75 Å². The molecule has 20 heavy (non-hydrogen) atoms. The molecule has 2 aromatic rings. The minimum absolute atomic E-state index is 0.308. The van der Waals surface area contributed by atoms with Crippen LogP contribution in [0.25, 0.3) is 0 Å². The number of benzene rings is 2. The van der Waals surface area contributed by atoms with Gasteiger partial charge in [0.2, 0.25) is 0 Å². The Hall–Kier alpha value is -1.19. The number of nitrogens with one attached hydrogen (secondary N) is 1. The SMILES string of the molecule is COc1ccc(Cl)c(NC2CCc3cc(Br)ccc32)c1. The fourth-order valence-electron chi connectivity index (χ4n) is 2.67. The highest BCUT2D eigenvalue weighted by molar-refractivity contribution is 9.10. The van der Waals surface area contributed by atoms with Crippen molar-refractivity contribution in [3.05, 3.63) is 57.0 Å². The van der Waals surface area contributed by atoms with E-state index in [0.29, 0.717) is 6.04 Å². The Balaban J connectivity index is 1.87. The van der Waals surface area contributed by atoms with E-state index < -0.39 is 0 Å². The summed E-state index contributed by atoms with van der Waals surface area (Å²) in [6.45, 7) is 0. The van der Waals surface area contributed by atoms with Crippen molar-refractivity contribution in [2.45, 2.75) is 18.9 Å². The van der Waals surface area contributed by atoms with E-state index in [4.69, 9.17) is 16.3 Å². The van der Waals surface area contributed by atoms with Gasteiger partial charge in [-0.2, -0.15) is 0 Å². The molecule has 2 aromatic carbocycles. The van der Waals surface area contributed by atoms with E-state index in [1.807, 2.05) is 18.2 Å². The van der Waals surface area contributed by atoms with Crippen molar-refractivity contribution in [2.24, 2.45) is 0 Å². The molecule has 0 heterocycles. The maximum Gasteiger partial charge on any atom is 0.121 e. The highest BCUT2D eigenvalue weighted by Gasteiger charge is 2.23. The van der Waals surface area contributed by atoms with Gasteiger partial charge in [0.1, 0.15) is 5.75 Å². The molecule has 104 valence electrons. The maximum absolute atomic E-state index is 6.26. The van der Waals surface area contributed by atoms with Crippen LogP contribution in [0.1, 0.15) is 23.6 Å². The lowest BCUT2D eigenvalue weighted by Crippen LogP contribution is -2.07. The minimum atomic E-state index is 0.308. The zero-order valence-electron chi connectivity index (χ0n) is 11.1. The monoisotopic (exact) mass is 351 g/mol. The van der Waals surface area contributed by atoms with Crippen LogP contribution in [0, 0.1) is 0 Å². The van der Waals surface area contributed by atoms with Crippen LogP contribution < -0.4 is 10.1 Å². The molecule has 1 atom stereocenters. The quantitative estimate of drug-likeness (QED) is 0.818. The van der Waals surface area contributed by atoms with Crippen LogP contribution in [0.3, 0.4) is 0 Å². The highest BCUT2D eigenvalue weighted by atomic mass is 79.9. The Morgan fingerprint density at radius 3 is 2.90 bits per heavy atom. The minimum Gasteiger partial charge on any atom is -0.497 e. The van der Waals surface area contributed by atoms with Gasteiger partial charge in [-0.1, -0.05) is 33.6 Å². The van der Waals surface area contributed by atoms with Crippen LogP contribution in [0.15, 0.2) is 40.9 Å². The summed E-state index contributed by atoms with van der Waals surface area (Å²) in [7, 11) is 1.66. The van der Waals surface area contributed by atoms with E-state index in [0.717, 1.165) is 33.8 Å². The van der Waals surface area contributed by atoms with Crippen molar-refractivity contribution < 1.29 is 4.74 Å². The summed E-state index contributed by atoms with van der Waals surface area (Å²) < 4.78 is 6.39. The Kier molecular flexibility index (Phi) is 3.90. The molecule has 0 bridgehead atoms. The van der Waals surface area contributed by atoms with E-state index in [2.05, 4.69) is 39.4 Å². The first-order valence-corrected chi connectivity index (χ1v) is 7.73. The first-order valence-electron chi connectivity index (χ1n) is 6.56. The molecule has 0 aromatic heterocycles. The molecule has 0 radical (unpaired) electrons. The second-order valence-corrected chi connectivity index (χ2v) is 6.25. The van der Waals surface area contributed by atoms with Crippen molar-refractivity contribution in [1.29, 1.82) is 0 Å². The number of rotatable bonds is 3. The van der Waals surface area contributed by atoms with Crippen molar-refractivity contribution in [2.75, 3.05) is 12.4 Å². The van der Waals surface area contributed by atoms with Gasteiger partial charge in [-0.3, -0.25) is 0 Å². The van der Waals surface area contributed by atoms with E-state index in [1.165, 1.54) is 11.1 Å². The van der Waals surface area contributed by atoms with Gasteiger partial charge in [0, 0.05) is 10.5 Å². The summed E-state index contributed by atoms with van der Waals surface area (Å²) in [5.41, 5.74) is 3.68. The van der Waals surface area contributed by atoms with E-state index in [1.54, 1.807) is 7.11 Å². The molecule has 0 saturated carbocycles. The summed E-state index contributed by atoms with van der Waals surface area (Å²) in [5, 5.41) is 4.25. The lowest BCUT2D eigenvalue weighted by molar-refractivity contribution is 0.415. The van der Waals surface area contributed by atoms with Crippen LogP contribution in [-0.2, 0) is 6.42 Å². The molecule has 0 spiro atoms. The largest absolute Gasteiger partial charge is 0.497 e. The number of hydrogen-bond donors (Lipinski definition) is 1. The van der Waals surface area contributed by atoms with Gasteiger partial charge in [0.15, 0.2) is 0 Å². The topological polar surface area (TPSA) is 21.3 Å². The Morgan fingerprint density at radius 1 is 1.25 bits per heavy atom. The average molecular weight is 353 g/mol. The van der Waals surface area contributed by atoms with Crippen molar-refractivity contribution in [3.63, 3.8) is 0 Å². The molecule has 1 unspecified atom stereocenters. The molecule has 3 rings (SSSR count). The van der Waals surface area contributed by atoms with Gasteiger partial charge in [-0.25, -0.2) is 0 Å². The Morgan fingerprint density at radius 2 is 2.10 bits per heavy atom. The van der Waals surface area contributed by atoms with E-state index >= 15 is 0 Å². The zero-order valence-corrected chi connectivity index (χ0v) is 13.5. The van der Waals surface area contributed by atoms with Crippen LogP contribution in [0.4, 0.5) is 5.69 Å². The number of fused-ring (bicyclic) bond motifs is 1. The van der Waals surface area contributed by atoms with Gasteiger partial charge in [-0.15, -0.1) is 0 Å². The number of hydrogen-bond acceptors (Lipinski definition) is 2. The molecule has 4 heteroatoms. The molecule has 0 fully saturated rings. The third-order valence-electron chi connectivity index (χ3n) is 3.69. The first kappa shape index (κ1) is 13.8. The third kappa shape index (κ3) is 2.65. The molecule has 2 nitrogen and oxygen atoms in total. The smallest absolute Gasteiger partial charge is 0.121 e. The molecular weight excluding hydrogens is 338 g/mol. The van der Waals surface area contributed by atoms with Gasteiger partial charge in [-0.05, 0) is 48.2 Å². The summed E-state index contributed by atoms with van der Waals surface area (Å²) >= 11 is 9.78. The fourth-order valence-corrected chi connectivity index (χ4v) is 3.25. The third-order valence-corrected chi connectivity index (χ3v) is 4.51. The van der Waals surface area contributed by atoms with Crippen LogP contribution in [-0.4, -0.2) is 7.11 Å². The fraction of sp³-hybridized carbons (Fsp3) is 0.250. The number of aryl methyl sites for hydroxylation is 1. The first-order chi connectivity index (χ1) is 9.67. The number of halogens is 2. The van der Waals surface area contributed by atoms with Crippen molar-refractivity contribution in [1.82, 2.24) is 0 Å². The standard InChI is InChI=1S/C16H15BrClNO/c1-20-12-4-6-14(18)16(9-12)19-15-7-2-10-8-11(17)3-5-13(10)15/h3-6,8-9,15,19H,2,7H2,1H3. The summed E-state index contributed by atoms with van der Waals surface area (Å²) in [6.07, 6.45) is 2.17. The number of methoxy groups -OCH3 is 1. The summed E-state index contributed by atoms with van der Waals surface area (Å²) in [5.74, 6) is 0.811. The lowest BCUT2D eigenvalue weighted by Gasteiger charge is -2.17. The predicted molar refractivity (Wildman–Crippen MR) is 86.8 cm³/mol. The summed E-state index contributed by atoms with van der Waals surface area (Å²) in [4.78, 5) is 0. The van der Waals surface area contributed by atoms with Gasteiger partial charge in [0.25, 0.3) is 0 Å².